The Hall–Kier alpha value is -2.59. The lowest BCUT2D eigenvalue weighted by atomic mass is 10.00. The van der Waals surface area contributed by atoms with Crippen LogP contribution < -0.4 is 10.2 Å². The zero-order chi connectivity index (χ0) is 17.9. The second-order valence-corrected chi connectivity index (χ2v) is 6.77. The Balaban J connectivity index is 0.00000210. The number of hydrogen-bond acceptors (Lipinski definition) is 4. The molecule has 2 aromatic carbocycles. The first kappa shape index (κ1) is 19.2. The molecular formula is C22H25ClN4. The van der Waals surface area contributed by atoms with E-state index in [0.717, 1.165) is 43.1 Å². The van der Waals surface area contributed by atoms with Gasteiger partial charge >= 0.3 is 0 Å². The Morgan fingerprint density at radius 3 is 2.52 bits per heavy atom. The van der Waals surface area contributed by atoms with Crippen LogP contribution in [0.2, 0.25) is 0 Å². The number of aromatic nitrogens is 2. The summed E-state index contributed by atoms with van der Waals surface area (Å²) in [6.45, 7) is 6.12. The van der Waals surface area contributed by atoms with Gasteiger partial charge in [-0.1, -0.05) is 49.4 Å². The van der Waals surface area contributed by atoms with Gasteiger partial charge in [-0.2, -0.15) is 4.98 Å². The molecule has 0 spiro atoms. The van der Waals surface area contributed by atoms with Crippen LogP contribution in [0.25, 0.3) is 0 Å². The van der Waals surface area contributed by atoms with E-state index in [4.69, 9.17) is 4.98 Å². The highest BCUT2D eigenvalue weighted by Gasteiger charge is 2.18. The third-order valence-electron chi connectivity index (χ3n) is 4.97. The van der Waals surface area contributed by atoms with Crippen molar-refractivity contribution in [3.8, 4) is 0 Å². The van der Waals surface area contributed by atoms with Crippen LogP contribution in [-0.2, 0) is 19.4 Å². The van der Waals surface area contributed by atoms with Gasteiger partial charge in [0.15, 0.2) is 0 Å². The first-order chi connectivity index (χ1) is 12.7. The average Bonchev–Trinajstić information content (AvgIpc) is 2.69. The number of nitrogens with zero attached hydrogens (tertiary/aromatic N) is 3. The van der Waals surface area contributed by atoms with Gasteiger partial charge in [-0.3, -0.25) is 0 Å². The SMILES string of the molecule is CCc1cc(N2CCc3ccccc3C2)nc(Nc2ccccc2C)n1.Cl. The summed E-state index contributed by atoms with van der Waals surface area (Å²) in [4.78, 5) is 11.8. The van der Waals surface area contributed by atoms with Crippen molar-refractivity contribution >= 4 is 29.9 Å². The number of anilines is 3. The van der Waals surface area contributed by atoms with Crippen molar-refractivity contribution in [2.24, 2.45) is 0 Å². The summed E-state index contributed by atoms with van der Waals surface area (Å²) in [7, 11) is 0. The highest BCUT2D eigenvalue weighted by Crippen LogP contribution is 2.26. The molecule has 1 N–H and O–H groups in total. The molecule has 140 valence electrons. The summed E-state index contributed by atoms with van der Waals surface area (Å²) in [6, 6.07) is 19.0. The Morgan fingerprint density at radius 1 is 1.00 bits per heavy atom. The molecule has 0 atom stereocenters. The molecule has 0 amide bonds. The molecule has 0 radical (unpaired) electrons. The molecule has 1 aromatic heterocycles. The molecule has 0 saturated carbocycles. The van der Waals surface area contributed by atoms with Crippen LogP contribution in [0.4, 0.5) is 17.5 Å². The number of nitrogens with one attached hydrogen (secondary N) is 1. The Morgan fingerprint density at radius 2 is 1.74 bits per heavy atom. The van der Waals surface area contributed by atoms with Crippen LogP contribution >= 0.6 is 12.4 Å². The van der Waals surface area contributed by atoms with Crippen LogP contribution in [0.15, 0.2) is 54.6 Å². The number of hydrogen-bond donors (Lipinski definition) is 1. The monoisotopic (exact) mass is 380 g/mol. The van der Waals surface area contributed by atoms with E-state index in [1.165, 1.54) is 16.7 Å². The van der Waals surface area contributed by atoms with Crippen molar-refractivity contribution in [2.45, 2.75) is 33.2 Å². The van der Waals surface area contributed by atoms with E-state index in [2.05, 4.69) is 71.5 Å². The minimum absolute atomic E-state index is 0. The Kier molecular flexibility index (Phi) is 5.97. The molecule has 0 bridgehead atoms. The second-order valence-electron chi connectivity index (χ2n) is 6.77. The Labute approximate surface area is 167 Å². The van der Waals surface area contributed by atoms with Gasteiger partial charge in [0.1, 0.15) is 5.82 Å². The summed E-state index contributed by atoms with van der Waals surface area (Å²) in [5, 5.41) is 3.40. The predicted octanol–water partition coefficient (Wildman–Crippen LogP) is 5.08. The molecule has 4 rings (SSSR count). The van der Waals surface area contributed by atoms with Gasteiger partial charge in [-0.25, -0.2) is 4.98 Å². The lowest BCUT2D eigenvalue weighted by molar-refractivity contribution is 0.718. The minimum Gasteiger partial charge on any atom is -0.352 e. The number of benzene rings is 2. The van der Waals surface area contributed by atoms with Crippen molar-refractivity contribution in [1.82, 2.24) is 9.97 Å². The van der Waals surface area contributed by atoms with Gasteiger partial charge in [0.2, 0.25) is 5.95 Å². The molecule has 0 fully saturated rings. The van der Waals surface area contributed by atoms with Gasteiger partial charge in [0.05, 0.1) is 0 Å². The highest BCUT2D eigenvalue weighted by atomic mass is 35.5. The zero-order valence-corrected chi connectivity index (χ0v) is 16.6. The Bertz CT molecular complexity index is 926. The molecule has 2 heterocycles. The molecule has 4 nitrogen and oxygen atoms in total. The van der Waals surface area contributed by atoms with Crippen LogP contribution in [0, 0.1) is 6.92 Å². The summed E-state index contributed by atoms with van der Waals surface area (Å²) >= 11 is 0. The van der Waals surface area contributed by atoms with E-state index in [1.54, 1.807) is 0 Å². The zero-order valence-electron chi connectivity index (χ0n) is 15.8. The molecular weight excluding hydrogens is 356 g/mol. The van der Waals surface area contributed by atoms with Crippen LogP contribution in [0.1, 0.15) is 29.3 Å². The van der Waals surface area contributed by atoms with E-state index in [9.17, 15) is 0 Å². The van der Waals surface area contributed by atoms with E-state index in [-0.39, 0.29) is 12.4 Å². The molecule has 27 heavy (non-hydrogen) atoms. The standard InChI is InChI=1S/C22H24N4.ClH/c1-3-19-14-21(26-13-12-17-9-5-6-10-18(17)15-26)25-22(23-19)24-20-11-7-4-8-16(20)2;/h4-11,14H,3,12-13,15H2,1-2H3,(H,23,24,25);1H. The molecule has 3 aromatic rings. The maximum Gasteiger partial charge on any atom is 0.229 e. The van der Waals surface area contributed by atoms with E-state index >= 15 is 0 Å². The topological polar surface area (TPSA) is 41.1 Å². The van der Waals surface area contributed by atoms with E-state index < -0.39 is 0 Å². The van der Waals surface area contributed by atoms with Gasteiger partial charge in [-0.15, -0.1) is 12.4 Å². The third-order valence-corrected chi connectivity index (χ3v) is 4.97. The largest absolute Gasteiger partial charge is 0.352 e. The van der Waals surface area contributed by atoms with Crippen LogP contribution in [0.5, 0.6) is 0 Å². The van der Waals surface area contributed by atoms with Gasteiger partial charge in [0.25, 0.3) is 0 Å². The van der Waals surface area contributed by atoms with Gasteiger partial charge in [-0.05, 0) is 42.5 Å². The van der Waals surface area contributed by atoms with Crippen molar-refractivity contribution in [1.29, 1.82) is 0 Å². The summed E-state index contributed by atoms with van der Waals surface area (Å²) in [5.41, 5.74) is 6.14. The van der Waals surface area contributed by atoms with Crippen LogP contribution in [0.3, 0.4) is 0 Å². The molecule has 0 saturated heterocycles. The maximum atomic E-state index is 4.82. The summed E-state index contributed by atoms with van der Waals surface area (Å²) < 4.78 is 0. The van der Waals surface area contributed by atoms with E-state index in [1.807, 2.05) is 12.1 Å². The fourth-order valence-electron chi connectivity index (χ4n) is 3.41. The number of aryl methyl sites for hydroxylation is 2. The van der Waals surface area contributed by atoms with Crippen molar-refractivity contribution in [3.05, 3.63) is 77.0 Å². The van der Waals surface area contributed by atoms with Gasteiger partial charge < -0.3 is 10.2 Å². The number of para-hydroxylation sites is 1. The summed E-state index contributed by atoms with van der Waals surface area (Å²) in [6.07, 6.45) is 1.95. The molecule has 0 unspecified atom stereocenters. The highest BCUT2D eigenvalue weighted by molar-refractivity contribution is 5.85. The summed E-state index contributed by atoms with van der Waals surface area (Å²) in [5.74, 6) is 1.68. The van der Waals surface area contributed by atoms with Gasteiger partial charge in [0, 0.05) is 30.5 Å². The first-order valence-corrected chi connectivity index (χ1v) is 9.25. The van der Waals surface area contributed by atoms with Crippen molar-refractivity contribution < 1.29 is 0 Å². The third kappa shape index (κ3) is 4.22. The average molecular weight is 381 g/mol. The lowest BCUT2D eigenvalue weighted by Gasteiger charge is -2.30. The second kappa shape index (κ2) is 8.40. The predicted molar refractivity (Wildman–Crippen MR) is 114 cm³/mol. The molecule has 0 aliphatic carbocycles. The molecule has 1 aliphatic heterocycles. The van der Waals surface area contributed by atoms with Crippen LogP contribution in [-0.4, -0.2) is 16.5 Å². The normalized spacial score (nSPS) is 12.9. The minimum atomic E-state index is 0. The number of fused-ring (bicyclic) bond motifs is 1. The smallest absolute Gasteiger partial charge is 0.229 e. The molecule has 1 aliphatic rings. The quantitative estimate of drug-likeness (QED) is 0.685. The van der Waals surface area contributed by atoms with Crippen molar-refractivity contribution in [3.63, 3.8) is 0 Å². The van der Waals surface area contributed by atoms with E-state index in [0.29, 0.717) is 5.95 Å². The number of halogens is 1. The number of rotatable bonds is 4. The van der Waals surface area contributed by atoms with Crippen molar-refractivity contribution in [2.75, 3.05) is 16.8 Å². The molecule has 5 heteroatoms. The lowest BCUT2D eigenvalue weighted by Crippen LogP contribution is -2.31. The maximum absolute atomic E-state index is 4.82. The first-order valence-electron chi connectivity index (χ1n) is 9.25. The fraction of sp³-hybridized carbons (Fsp3) is 0.273. The fourth-order valence-corrected chi connectivity index (χ4v) is 3.41.